The lowest BCUT2D eigenvalue weighted by Crippen LogP contribution is -2.46. The molecule has 0 bridgehead atoms. The third kappa shape index (κ3) is 4.10. The highest BCUT2D eigenvalue weighted by Crippen LogP contribution is 2.23. The van der Waals surface area contributed by atoms with Crippen LogP contribution >= 0.6 is 0 Å². The van der Waals surface area contributed by atoms with Crippen molar-refractivity contribution in [2.75, 3.05) is 19.7 Å². The van der Waals surface area contributed by atoms with E-state index in [1.807, 2.05) is 11.0 Å². The van der Waals surface area contributed by atoms with Gasteiger partial charge in [0.1, 0.15) is 6.33 Å². The maximum atomic E-state index is 12.7. The van der Waals surface area contributed by atoms with Gasteiger partial charge in [0, 0.05) is 25.0 Å². The van der Waals surface area contributed by atoms with Gasteiger partial charge in [0.15, 0.2) is 0 Å². The molecule has 136 valence electrons. The Morgan fingerprint density at radius 2 is 2.15 bits per heavy atom. The van der Waals surface area contributed by atoms with Crippen molar-refractivity contribution in [1.82, 2.24) is 14.9 Å². The van der Waals surface area contributed by atoms with Gasteiger partial charge in [-0.15, -0.1) is 0 Å². The molecule has 1 fully saturated rings. The summed E-state index contributed by atoms with van der Waals surface area (Å²) in [5, 5.41) is 0. The Kier molecular flexibility index (Phi) is 5.25. The van der Waals surface area contributed by atoms with E-state index >= 15 is 0 Å². The third-order valence-electron chi connectivity index (χ3n) is 5.38. The number of amides is 1. The van der Waals surface area contributed by atoms with E-state index in [0.717, 1.165) is 30.5 Å². The summed E-state index contributed by atoms with van der Waals surface area (Å²) in [5.74, 6) is 0.207. The lowest BCUT2D eigenvalue weighted by Gasteiger charge is -2.33. The van der Waals surface area contributed by atoms with Gasteiger partial charge in [-0.3, -0.25) is 4.79 Å². The molecular formula is C21H25N3O2. The molecule has 1 aliphatic carbocycles. The normalized spacial score (nSPS) is 19.4. The number of benzene rings is 1. The molecule has 1 saturated heterocycles. The first-order valence-corrected chi connectivity index (χ1v) is 9.53. The first-order chi connectivity index (χ1) is 12.8. The van der Waals surface area contributed by atoms with E-state index in [1.165, 1.54) is 24.0 Å². The molecule has 2 heterocycles. The van der Waals surface area contributed by atoms with E-state index in [1.54, 1.807) is 12.5 Å². The number of hydrogen-bond donors (Lipinski definition) is 0. The molecule has 1 aromatic carbocycles. The number of carbonyl (C=O) groups is 1. The Labute approximate surface area is 154 Å². The highest BCUT2D eigenvalue weighted by Gasteiger charge is 2.24. The fourth-order valence-electron chi connectivity index (χ4n) is 3.92. The van der Waals surface area contributed by atoms with Crippen LogP contribution in [0.25, 0.3) is 0 Å². The van der Waals surface area contributed by atoms with E-state index < -0.39 is 0 Å². The quantitative estimate of drug-likeness (QED) is 0.830. The minimum atomic E-state index is 0.0858. The van der Waals surface area contributed by atoms with Crippen LogP contribution in [-0.4, -0.2) is 46.6 Å². The molecule has 2 aromatic rings. The molecule has 1 aromatic heterocycles. The van der Waals surface area contributed by atoms with Crippen LogP contribution in [0.3, 0.4) is 0 Å². The molecular weight excluding hydrogens is 326 g/mol. The molecule has 1 atom stereocenters. The Balaban J connectivity index is 1.31. The standard InChI is InChI=1S/C21H25N3O2/c25-21(13-16-4-5-17-2-1-3-18(17)12-16)24-10-11-26-20(14-24)7-6-19-8-9-22-15-23-19/h4-5,8-9,12,15,20H,1-3,6-7,10-11,13-14H2/t20-/m1/s1. The van der Waals surface area contributed by atoms with Crippen molar-refractivity contribution < 1.29 is 9.53 Å². The molecule has 1 amide bonds. The summed E-state index contributed by atoms with van der Waals surface area (Å²) in [5.41, 5.74) is 5.04. The largest absolute Gasteiger partial charge is 0.375 e. The second kappa shape index (κ2) is 7.96. The van der Waals surface area contributed by atoms with Gasteiger partial charge in [0.2, 0.25) is 5.91 Å². The molecule has 26 heavy (non-hydrogen) atoms. The van der Waals surface area contributed by atoms with Gasteiger partial charge >= 0.3 is 0 Å². The Hall–Kier alpha value is -2.27. The smallest absolute Gasteiger partial charge is 0.227 e. The van der Waals surface area contributed by atoms with Gasteiger partial charge in [-0.05, 0) is 54.9 Å². The molecule has 0 N–H and O–H groups in total. The molecule has 0 spiro atoms. The van der Waals surface area contributed by atoms with Crippen LogP contribution in [0.5, 0.6) is 0 Å². The first kappa shape index (κ1) is 17.2. The number of rotatable bonds is 5. The number of ether oxygens (including phenoxy) is 1. The van der Waals surface area contributed by atoms with Gasteiger partial charge in [0.05, 0.1) is 19.1 Å². The zero-order chi connectivity index (χ0) is 17.8. The van der Waals surface area contributed by atoms with E-state index in [2.05, 4.69) is 28.2 Å². The molecule has 0 saturated carbocycles. The number of aromatic nitrogens is 2. The van der Waals surface area contributed by atoms with Crippen molar-refractivity contribution in [2.24, 2.45) is 0 Å². The molecule has 0 radical (unpaired) electrons. The van der Waals surface area contributed by atoms with Crippen LogP contribution in [0.4, 0.5) is 0 Å². The van der Waals surface area contributed by atoms with Crippen LogP contribution < -0.4 is 0 Å². The van der Waals surface area contributed by atoms with Crippen molar-refractivity contribution in [3.8, 4) is 0 Å². The van der Waals surface area contributed by atoms with E-state index in [9.17, 15) is 4.79 Å². The fourth-order valence-corrected chi connectivity index (χ4v) is 3.92. The number of nitrogens with zero attached hydrogens (tertiary/aromatic N) is 3. The van der Waals surface area contributed by atoms with Crippen molar-refractivity contribution >= 4 is 5.91 Å². The SMILES string of the molecule is O=C(Cc1ccc2c(c1)CCC2)N1CCO[C@H](CCc2ccncn2)C1. The van der Waals surface area contributed by atoms with Gasteiger partial charge in [-0.1, -0.05) is 18.2 Å². The number of hydrogen-bond acceptors (Lipinski definition) is 4. The highest BCUT2D eigenvalue weighted by atomic mass is 16.5. The van der Waals surface area contributed by atoms with Gasteiger partial charge < -0.3 is 9.64 Å². The van der Waals surface area contributed by atoms with E-state index in [0.29, 0.717) is 26.1 Å². The predicted octanol–water partition coefficient (Wildman–Crippen LogP) is 2.37. The molecule has 1 aliphatic heterocycles. The Morgan fingerprint density at radius 1 is 1.23 bits per heavy atom. The molecule has 4 rings (SSSR count). The number of aryl methyl sites for hydroxylation is 3. The van der Waals surface area contributed by atoms with Crippen LogP contribution in [0.1, 0.15) is 35.2 Å². The summed E-state index contributed by atoms with van der Waals surface area (Å²) in [6.45, 7) is 1.98. The molecule has 5 nitrogen and oxygen atoms in total. The summed E-state index contributed by atoms with van der Waals surface area (Å²) in [7, 11) is 0. The monoisotopic (exact) mass is 351 g/mol. The maximum Gasteiger partial charge on any atom is 0.227 e. The zero-order valence-electron chi connectivity index (χ0n) is 15.1. The van der Waals surface area contributed by atoms with E-state index in [4.69, 9.17) is 4.74 Å². The summed E-state index contributed by atoms with van der Waals surface area (Å²) in [6.07, 6.45) is 9.21. The van der Waals surface area contributed by atoms with Crippen LogP contribution in [0.2, 0.25) is 0 Å². The fraction of sp³-hybridized carbons (Fsp3) is 0.476. The topological polar surface area (TPSA) is 55.3 Å². The zero-order valence-corrected chi connectivity index (χ0v) is 15.1. The van der Waals surface area contributed by atoms with Crippen molar-refractivity contribution in [3.05, 3.63) is 59.2 Å². The van der Waals surface area contributed by atoms with E-state index in [-0.39, 0.29) is 12.0 Å². The lowest BCUT2D eigenvalue weighted by molar-refractivity contribution is -0.138. The second-order valence-corrected chi connectivity index (χ2v) is 7.21. The number of morpholine rings is 1. The highest BCUT2D eigenvalue weighted by molar-refractivity contribution is 5.79. The minimum Gasteiger partial charge on any atom is -0.375 e. The first-order valence-electron chi connectivity index (χ1n) is 9.53. The number of carbonyl (C=O) groups excluding carboxylic acids is 1. The predicted molar refractivity (Wildman–Crippen MR) is 98.8 cm³/mol. The summed E-state index contributed by atoms with van der Waals surface area (Å²) in [4.78, 5) is 22.9. The van der Waals surface area contributed by atoms with Crippen molar-refractivity contribution in [2.45, 2.75) is 44.6 Å². The van der Waals surface area contributed by atoms with Crippen LogP contribution in [-0.2, 0) is 35.2 Å². The maximum absolute atomic E-state index is 12.7. The van der Waals surface area contributed by atoms with Crippen LogP contribution in [0.15, 0.2) is 36.8 Å². The molecule has 0 unspecified atom stereocenters. The van der Waals surface area contributed by atoms with Crippen LogP contribution in [0, 0.1) is 0 Å². The van der Waals surface area contributed by atoms with Crippen molar-refractivity contribution in [3.63, 3.8) is 0 Å². The average molecular weight is 351 g/mol. The summed E-state index contributed by atoms with van der Waals surface area (Å²) in [6, 6.07) is 8.48. The Morgan fingerprint density at radius 3 is 3.04 bits per heavy atom. The average Bonchev–Trinajstić information content (AvgIpc) is 3.15. The summed E-state index contributed by atoms with van der Waals surface area (Å²) >= 11 is 0. The summed E-state index contributed by atoms with van der Waals surface area (Å²) < 4.78 is 5.85. The minimum absolute atomic E-state index is 0.0858. The molecule has 5 heteroatoms. The van der Waals surface area contributed by atoms with Gasteiger partial charge in [-0.2, -0.15) is 0 Å². The van der Waals surface area contributed by atoms with Gasteiger partial charge in [-0.25, -0.2) is 9.97 Å². The number of fused-ring (bicyclic) bond motifs is 1. The lowest BCUT2D eigenvalue weighted by atomic mass is 10.0. The second-order valence-electron chi connectivity index (χ2n) is 7.21. The third-order valence-corrected chi connectivity index (χ3v) is 5.38. The van der Waals surface area contributed by atoms with Gasteiger partial charge in [0.25, 0.3) is 0 Å². The molecule has 2 aliphatic rings. The Bertz CT molecular complexity index is 763. The van der Waals surface area contributed by atoms with Crippen molar-refractivity contribution in [1.29, 1.82) is 0 Å².